The lowest BCUT2D eigenvalue weighted by molar-refractivity contribution is -0.384. The second-order valence-corrected chi connectivity index (χ2v) is 4.17. The van der Waals surface area contributed by atoms with Crippen LogP contribution in [0.25, 0.3) is 0 Å². The molecule has 0 atom stereocenters. The zero-order valence-corrected chi connectivity index (χ0v) is 9.44. The molecule has 2 aliphatic rings. The summed E-state index contributed by atoms with van der Waals surface area (Å²) in [6.07, 6.45) is 3.68. The number of benzene rings is 1. The van der Waals surface area contributed by atoms with Gasteiger partial charge < -0.3 is 5.32 Å². The molecule has 1 saturated carbocycles. The lowest BCUT2D eigenvalue weighted by atomic mass is 10.0. The number of hydrogen-bond acceptors (Lipinski definition) is 4. The first-order chi connectivity index (χ1) is 8.16. The number of carbonyl (C=O) groups excluding carboxylic acids is 1. The Morgan fingerprint density at radius 3 is 2.53 bits per heavy atom. The summed E-state index contributed by atoms with van der Waals surface area (Å²) >= 11 is 0. The molecule has 1 heterocycles. The first kappa shape index (κ1) is 11.6. The molecule has 3 rings (SSSR count). The third-order valence-electron chi connectivity index (χ3n) is 2.69. The number of non-ortho nitro benzene ring substituents is 1. The molecule has 0 saturated heterocycles. The maximum Gasteiger partial charge on any atom is 0.269 e. The fraction of sp³-hybridized carbons (Fsp3) is 0.417. The number of nitrogens with one attached hydrogen (secondary N) is 1. The minimum atomic E-state index is -0.352. The zero-order valence-electron chi connectivity index (χ0n) is 9.44. The second kappa shape index (κ2) is 4.95. The smallest absolute Gasteiger partial charge is 0.269 e. The maximum atomic E-state index is 10.5. The van der Waals surface area contributed by atoms with Crippen LogP contribution in [-0.2, 0) is 11.2 Å². The molecule has 1 aliphatic heterocycles. The van der Waals surface area contributed by atoms with E-state index in [1.54, 1.807) is 12.1 Å². The highest BCUT2D eigenvalue weighted by Crippen LogP contribution is 2.25. The van der Waals surface area contributed by atoms with E-state index in [1.165, 1.54) is 6.07 Å². The number of fused-ring (bicyclic) bond motifs is 1. The van der Waals surface area contributed by atoms with Gasteiger partial charge in [0.2, 0.25) is 0 Å². The molecule has 1 N–H and O–H groups in total. The summed E-state index contributed by atoms with van der Waals surface area (Å²) in [6.45, 7) is 0.963. The number of aryl methyl sites for hydroxylation is 1. The number of rotatable bonds is 1. The first-order valence-electron chi connectivity index (χ1n) is 5.70. The van der Waals surface area contributed by atoms with Crippen molar-refractivity contribution in [1.82, 2.24) is 0 Å². The van der Waals surface area contributed by atoms with E-state index in [0.29, 0.717) is 5.78 Å². The van der Waals surface area contributed by atoms with Crippen LogP contribution in [0.15, 0.2) is 18.2 Å². The number of carbonyl (C=O) groups is 1. The van der Waals surface area contributed by atoms with E-state index in [-0.39, 0.29) is 10.6 Å². The van der Waals surface area contributed by atoms with Gasteiger partial charge in [0.25, 0.3) is 5.69 Å². The predicted molar refractivity (Wildman–Crippen MR) is 64.1 cm³/mol. The molecule has 1 aromatic rings. The minimum Gasteiger partial charge on any atom is -0.385 e. The van der Waals surface area contributed by atoms with Crippen molar-refractivity contribution in [3.63, 3.8) is 0 Å². The number of hydrogen-bond donors (Lipinski definition) is 1. The summed E-state index contributed by atoms with van der Waals surface area (Å²) in [7, 11) is 0. The van der Waals surface area contributed by atoms with Gasteiger partial charge >= 0.3 is 0 Å². The number of anilines is 1. The van der Waals surface area contributed by atoms with Crippen LogP contribution in [0, 0.1) is 10.1 Å². The molecule has 1 fully saturated rings. The lowest BCUT2D eigenvalue weighted by Crippen LogP contribution is -2.11. The molecule has 1 aromatic carbocycles. The van der Waals surface area contributed by atoms with Gasteiger partial charge in [-0.2, -0.15) is 0 Å². The van der Waals surface area contributed by atoms with Crippen molar-refractivity contribution in [2.24, 2.45) is 0 Å². The van der Waals surface area contributed by atoms with E-state index in [9.17, 15) is 14.9 Å². The molecular formula is C12H14N2O3. The van der Waals surface area contributed by atoms with Crippen LogP contribution in [0.3, 0.4) is 0 Å². The molecule has 17 heavy (non-hydrogen) atoms. The largest absolute Gasteiger partial charge is 0.385 e. The van der Waals surface area contributed by atoms with Gasteiger partial charge in [-0.25, -0.2) is 0 Å². The summed E-state index contributed by atoms with van der Waals surface area (Å²) in [5.74, 6) is 0.417. The Balaban J connectivity index is 0.000000228. The van der Waals surface area contributed by atoms with Gasteiger partial charge in [0, 0.05) is 37.2 Å². The molecular weight excluding hydrogens is 220 g/mol. The Bertz CT molecular complexity index is 451. The molecule has 90 valence electrons. The van der Waals surface area contributed by atoms with Crippen LogP contribution < -0.4 is 5.32 Å². The van der Waals surface area contributed by atoms with Crippen molar-refractivity contribution in [2.45, 2.75) is 25.7 Å². The summed E-state index contributed by atoms with van der Waals surface area (Å²) in [6, 6.07) is 4.98. The van der Waals surface area contributed by atoms with E-state index in [4.69, 9.17) is 0 Å². The van der Waals surface area contributed by atoms with E-state index in [2.05, 4.69) is 5.32 Å². The van der Waals surface area contributed by atoms with Gasteiger partial charge in [-0.3, -0.25) is 14.9 Å². The predicted octanol–water partition coefficient (Wildman–Crippen LogP) is 2.30. The highest BCUT2D eigenvalue weighted by Gasteiger charge is 2.13. The topological polar surface area (TPSA) is 72.2 Å². The second-order valence-electron chi connectivity index (χ2n) is 4.17. The van der Waals surface area contributed by atoms with Crippen LogP contribution in [0.5, 0.6) is 0 Å². The van der Waals surface area contributed by atoms with Gasteiger partial charge in [0.1, 0.15) is 5.78 Å². The number of ketones is 1. The monoisotopic (exact) mass is 234 g/mol. The standard InChI is InChI=1S/C9H10N2O2.C3H4O/c12-11(13)8-3-4-9-7(6-8)2-1-5-10-9;4-3-1-2-3/h3-4,6,10H,1-2,5H2;1-2H2. The summed E-state index contributed by atoms with van der Waals surface area (Å²) in [5, 5.41) is 13.7. The van der Waals surface area contributed by atoms with Gasteiger partial charge in [-0.1, -0.05) is 0 Å². The SMILES string of the molecule is O=C1CC1.O=[N+]([O-])c1ccc2c(c1)CCCN2. The number of nitrogens with zero attached hydrogens (tertiary/aromatic N) is 1. The van der Waals surface area contributed by atoms with E-state index >= 15 is 0 Å². The molecule has 5 heteroatoms. The highest BCUT2D eigenvalue weighted by molar-refractivity contribution is 5.92. The molecule has 0 spiro atoms. The van der Waals surface area contributed by atoms with Crippen LogP contribution in [0.1, 0.15) is 24.8 Å². The van der Waals surface area contributed by atoms with Crippen LogP contribution >= 0.6 is 0 Å². The van der Waals surface area contributed by atoms with E-state index < -0.39 is 0 Å². The first-order valence-corrected chi connectivity index (χ1v) is 5.70. The van der Waals surface area contributed by atoms with Crippen molar-refractivity contribution < 1.29 is 9.72 Å². The number of Topliss-reactive ketones (excluding diaryl/α,β-unsaturated/α-hetero) is 1. The highest BCUT2D eigenvalue weighted by atomic mass is 16.6. The third kappa shape index (κ3) is 3.27. The average Bonchev–Trinajstić information content (AvgIpc) is 3.12. The fourth-order valence-corrected chi connectivity index (χ4v) is 1.63. The van der Waals surface area contributed by atoms with Gasteiger partial charge in [-0.05, 0) is 24.5 Å². The number of nitro groups is 1. The van der Waals surface area contributed by atoms with E-state index in [0.717, 1.165) is 43.5 Å². The van der Waals surface area contributed by atoms with Crippen molar-refractivity contribution in [3.05, 3.63) is 33.9 Å². The van der Waals surface area contributed by atoms with Crippen molar-refractivity contribution in [1.29, 1.82) is 0 Å². The molecule has 0 aromatic heterocycles. The third-order valence-corrected chi connectivity index (χ3v) is 2.69. The maximum absolute atomic E-state index is 10.5. The average molecular weight is 234 g/mol. The molecule has 0 bridgehead atoms. The van der Waals surface area contributed by atoms with Crippen LogP contribution in [-0.4, -0.2) is 17.3 Å². The Hall–Kier alpha value is -1.91. The summed E-state index contributed by atoms with van der Waals surface area (Å²) in [4.78, 5) is 19.7. The van der Waals surface area contributed by atoms with Crippen molar-refractivity contribution >= 4 is 17.2 Å². The molecule has 0 radical (unpaired) electrons. The number of nitro benzene ring substituents is 1. The summed E-state index contributed by atoms with van der Waals surface area (Å²) in [5.41, 5.74) is 2.28. The minimum absolute atomic E-state index is 0.183. The van der Waals surface area contributed by atoms with E-state index in [1.807, 2.05) is 0 Å². The van der Waals surface area contributed by atoms with Crippen molar-refractivity contribution in [3.8, 4) is 0 Å². The van der Waals surface area contributed by atoms with Gasteiger partial charge in [0.05, 0.1) is 4.92 Å². The van der Waals surface area contributed by atoms with Gasteiger partial charge in [0.15, 0.2) is 0 Å². The molecule has 0 unspecified atom stereocenters. The Kier molecular flexibility index (Phi) is 3.37. The van der Waals surface area contributed by atoms with Crippen LogP contribution in [0.2, 0.25) is 0 Å². The normalized spacial score (nSPS) is 16.1. The Labute approximate surface area is 99.0 Å². The van der Waals surface area contributed by atoms with Crippen LogP contribution in [0.4, 0.5) is 11.4 Å². The zero-order chi connectivity index (χ0) is 12.3. The van der Waals surface area contributed by atoms with Crippen molar-refractivity contribution in [2.75, 3.05) is 11.9 Å². The Morgan fingerprint density at radius 1 is 1.24 bits per heavy atom. The molecule has 1 aliphatic carbocycles. The fourth-order valence-electron chi connectivity index (χ4n) is 1.63. The Morgan fingerprint density at radius 2 is 1.94 bits per heavy atom. The summed E-state index contributed by atoms with van der Waals surface area (Å²) < 4.78 is 0. The molecule has 0 amide bonds. The molecule has 5 nitrogen and oxygen atoms in total. The lowest BCUT2D eigenvalue weighted by Gasteiger charge is -2.16. The van der Waals surface area contributed by atoms with Gasteiger partial charge in [-0.15, -0.1) is 0 Å². The quantitative estimate of drug-likeness (QED) is 0.597.